The van der Waals surface area contributed by atoms with Crippen LogP contribution in [0.3, 0.4) is 0 Å². The minimum Gasteiger partial charge on any atom is -0.380 e. The SMILES string of the molecule is CC(C)(C)CC(=O)C1COCCC1=O. The topological polar surface area (TPSA) is 43.4 Å². The van der Waals surface area contributed by atoms with Gasteiger partial charge in [-0.15, -0.1) is 0 Å². The maximum absolute atomic E-state index is 11.7. The van der Waals surface area contributed by atoms with Crippen molar-refractivity contribution >= 4 is 11.6 Å². The quantitative estimate of drug-likeness (QED) is 0.633. The third-order valence-corrected chi connectivity index (χ3v) is 2.26. The van der Waals surface area contributed by atoms with Gasteiger partial charge in [-0.1, -0.05) is 20.8 Å². The average Bonchev–Trinajstić information content (AvgIpc) is 2.01. The highest BCUT2D eigenvalue weighted by atomic mass is 16.5. The van der Waals surface area contributed by atoms with E-state index in [9.17, 15) is 9.59 Å². The Kier molecular flexibility index (Phi) is 3.43. The van der Waals surface area contributed by atoms with E-state index in [1.165, 1.54) is 0 Å². The molecule has 1 rings (SSSR count). The van der Waals surface area contributed by atoms with Crippen LogP contribution in [0.5, 0.6) is 0 Å². The van der Waals surface area contributed by atoms with E-state index in [-0.39, 0.29) is 23.6 Å². The summed E-state index contributed by atoms with van der Waals surface area (Å²) in [6.45, 7) is 6.75. The minimum atomic E-state index is -0.497. The Bertz CT molecular complexity index is 237. The summed E-state index contributed by atoms with van der Waals surface area (Å²) in [6.07, 6.45) is 0.841. The van der Waals surface area contributed by atoms with E-state index >= 15 is 0 Å². The average molecular weight is 198 g/mol. The highest BCUT2D eigenvalue weighted by Crippen LogP contribution is 2.23. The third kappa shape index (κ3) is 3.22. The zero-order valence-electron chi connectivity index (χ0n) is 9.13. The zero-order valence-corrected chi connectivity index (χ0v) is 9.13. The molecule has 1 aliphatic heterocycles. The van der Waals surface area contributed by atoms with Crippen LogP contribution < -0.4 is 0 Å². The third-order valence-electron chi connectivity index (χ3n) is 2.26. The van der Waals surface area contributed by atoms with Crippen molar-refractivity contribution in [2.75, 3.05) is 13.2 Å². The summed E-state index contributed by atoms with van der Waals surface area (Å²) in [7, 11) is 0. The highest BCUT2D eigenvalue weighted by molar-refractivity contribution is 6.03. The van der Waals surface area contributed by atoms with E-state index in [1.54, 1.807) is 0 Å². The Morgan fingerprint density at radius 1 is 1.50 bits per heavy atom. The van der Waals surface area contributed by atoms with Crippen LogP contribution in [-0.4, -0.2) is 24.8 Å². The van der Waals surface area contributed by atoms with E-state index in [1.807, 2.05) is 20.8 Å². The molecule has 80 valence electrons. The maximum Gasteiger partial charge on any atom is 0.147 e. The molecular formula is C11H18O3. The molecule has 1 atom stereocenters. The van der Waals surface area contributed by atoms with E-state index in [2.05, 4.69) is 0 Å². The monoisotopic (exact) mass is 198 g/mol. The molecule has 0 amide bonds. The number of hydrogen-bond acceptors (Lipinski definition) is 3. The van der Waals surface area contributed by atoms with Crippen molar-refractivity contribution in [1.29, 1.82) is 0 Å². The van der Waals surface area contributed by atoms with E-state index in [0.717, 1.165) is 0 Å². The Morgan fingerprint density at radius 2 is 2.14 bits per heavy atom. The fourth-order valence-electron chi connectivity index (χ4n) is 1.56. The minimum absolute atomic E-state index is 0.0298. The zero-order chi connectivity index (χ0) is 10.8. The number of rotatable bonds is 2. The first-order valence-electron chi connectivity index (χ1n) is 5.03. The fourth-order valence-corrected chi connectivity index (χ4v) is 1.56. The molecule has 0 aromatic carbocycles. The normalized spacial score (nSPS) is 23.6. The number of ketones is 2. The maximum atomic E-state index is 11.7. The molecule has 1 aliphatic rings. The van der Waals surface area contributed by atoms with Crippen LogP contribution in [0.15, 0.2) is 0 Å². The number of Topliss-reactive ketones (excluding diaryl/α,β-unsaturated/α-hetero) is 2. The number of carbonyl (C=O) groups excluding carboxylic acids is 2. The molecule has 0 saturated carbocycles. The Labute approximate surface area is 84.8 Å². The molecule has 0 radical (unpaired) electrons. The van der Waals surface area contributed by atoms with Crippen LogP contribution >= 0.6 is 0 Å². The van der Waals surface area contributed by atoms with E-state index in [0.29, 0.717) is 19.4 Å². The lowest BCUT2D eigenvalue weighted by Gasteiger charge is -2.23. The van der Waals surface area contributed by atoms with Gasteiger partial charge < -0.3 is 4.74 Å². The van der Waals surface area contributed by atoms with Gasteiger partial charge in [-0.3, -0.25) is 9.59 Å². The van der Waals surface area contributed by atoms with Crippen LogP contribution in [0, 0.1) is 11.3 Å². The van der Waals surface area contributed by atoms with Gasteiger partial charge in [0.25, 0.3) is 0 Å². The van der Waals surface area contributed by atoms with Gasteiger partial charge in [0.2, 0.25) is 0 Å². The molecule has 1 fully saturated rings. The van der Waals surface area contributed by atoms with Crippen molar-refractivity contribution in [2.45, 2.75) is 33.6 Å². The lowest BCUT2D eigenvalue weighted by atomic mass is 9.83. The molecule has 0 aromatic rings. The van der Waals surface area contributed by atoms with Gasteiger partial charge in [-0.25, -0.2) is 0 Å². The van der Waals surface area contributed by atoms with Gasteiger partial charge in [0.05, 0.1) is 19.1 Å². The predicted molar refractivity (Wildman–Crippen MR) is 53.0 cm³/mol. The van der Waals surface area contributed by atoms with Crippen LogP contribution in [0.2, 0.25) is 0 Å². The van der Waals surface area contributed by atoms with Crippen molar-refractivity contribution in [2.24, 2.45) is 11.3 Å². The second kappa shape index (κ2) is 4.22. The van der Waals surface area contributed by atoms with E-state index < -0.39 is 5.92 Å². The number of ether oxygens (including phenoxy) is 1. The molecule has 1 unspecified atom stereocenters. The molecular weight excluding hydrogens is 180 g/mol. The summed E-state index contributed by atoms with van der Waals surface area (Å²) in [5.74, 6) is -0.421. The molecule has 0 aliphatic carbocycles. The van der Waals surface area contributed by atoms with Gasteiger partial charge in [0, 0.05) is 12.8 Å². The lowest BCUT2D eigenvalue weighted by molar-refractivity contribution is -0.140. The first-order valence-corrected chi connectivity index (χ1v) is 5.03. The van der Waals surface area contributed by atoms with Crippen molar-refractivity contribution in [3.05, 3.63) is 0 Å². The van der Waals surface area contributed by atoms with Crippen LogP contribution in [-0.2, 0) is 14.3 Å². The summed E-state index contributed by atoms with van der Waals surface area (Å²) >= 11 is 0. The molecule has 1 saturated heterocycles. The van der Waals surface area contributed by atoms with Gasteiger partial charge >= 0.3 is 0 Å². The smallest absolute Gasteiger partial charge is 0.147 e. The van der Waals surface area contributed by atoms with Gasteiger partial charge in [-0.2, -0.15) is 0 Å². The molecule has 3 nitrogen and oxygen atoms in total. The van der Waals surface area contributed by atoms with Gasteiger partial charge in [0.15, 0.2) is 0 Å². The molecule has 14 heavy (non-hydrogen) atoms. The van der Waals surface area contributed by atoms with Crippen molar-refractivity contribution in [3.8, 4) is 0 Å². The van der Waals surface area contributed by atoms with Crippen molar-refractivity contribution in [3.63, 3.8) is 0 Å². The summed E-state index contributed by atoms with van der Waals surface area (Å²) in [5, 5.41) is 0. The van der Waals surface area contributed by atoms with Gasteiger partial charge in [-0.05, 0) is 5.41 Å². The first kappa shape index (κ1) is 11.4. The summed E-state index contributed by atoms with van der Waals surface area (Å²) in [5.41, 5.74) is -0.0468. The van der Waals surface area contributed by atoms with Crippen molar-refractivity contribution < 1.29 is 14.3 Å². The summed E-state index contributed by atoms with van der Waals surface area (Å²) in [6, 6.07) is 0. The summed E-state index contributed by atoms with van der Waals surface area (Å²) in [4.78, 5) is 23.1. The molecule has 0 N–H and O–H groups in total. The second-order valence-electron chi connectivity index (χ2n) is 5.05. The lowest BCUT2D eigenvalue weighted by Crippen LogP contribution is -2.35. The van der Waals surface area contributed by atoms with Gasteiger partial charge in [0.1, 0.15) is 11.6 Å². The fraction of sp³-hybridized carbons (Fsp3) is 0.818. The number of carbonyl (C=O) groups is 2. The molecule has 0 bridgehead atoms. The standard InChI is InChI=1S/C11H18O3/c1-11(2,3)6-10(13)8-7-14-5-4-9(8)12/h8H,4-7H2,1-3H3. The Morgan fingerprint density at radius 3 is 2.64 bits per heavy atom. The Hall–Kier alpha value is -0.700. The van der Waals surface area contributed by atoms with Crippen LogP contribution in [0.4, 0.5) is 0 Å². The molecule has 0 aromatic heterocycles. The predicted octanol–water partition coefficient (Wildman–Crippen LogP) is 1.60. The van der Waals surface area contributed by atoms with E-state index in [4.69, 9.17) is 4.74 Å². The van der Waals surface area contributed by atoms with Crippen LogP contribution in [0.1, 0.15) is 33.6 Å². The highest BCUT2D eigenvalue weighted by Gasteiger charge is 2.31. The molecule has 0 spiro atoms. The second-order valence-corrected chi connectivity index (χ2v) is 5.05. The van der Waals surface area contributed by atoms with Crippen molar-refractivity contribution in [1.82, 2.24) is 0 Å². The number of hydrogen-bond donors (Lipinski definition) is 0. The molecule has 1 heterocycles. The largest absolute Gasteiger partial charge is 0.380 e. The summed E-state index contributed by atoms with van der Waals surface area (Å²) < 4.78 is 5.15. The van der Waals surface area contributed by atoms with Crippen LogP contribution in [0.25, 0.3) is 0 Å². The molecule has 3 heteroatoms. The Balaban J connectivity index is 2.55. The first-order chi connectivity index (χ1) is 6.40.